The number of rotatable bonds is 4. The van der Waals surface area contributed by atoms with E-state index in [-0.39, 0.29) is 22.3 Å². The highest BCUT2D eigenvalue weighted by atomic mass is 16.4. The summed E-state index contributed by atoms with van der Waals surface area (Å²) in [5, 5.41) is 18.2. The Hall–Kier alpha value is -2.95. The Morgan fingerprint density at radius 3 is 1.92 bits per heavy atom. The lowest BCUT2D eigenvalue weighted by atomic mass is 9.85. The molecule has 0 aliphatic heterocycles. The molecule has 2 N–H and O–H groups in total. The largest absolute Gasteiger partial charge is 0.478 e. The van der Waals surface area contributed by atoms with Crippen LogP contribution >= 0.6 is 0 Å². The summed E-state index contributed by atoms with van der Waals surface area (Å²) in [4.78, 5) is 35.0. The van der Waals surface area contributed by atoms with Crippen molar-refractivity contribution in [3.8, 4) is 0 Å². The standard InChI is InChI=1S/C19H18O5/c1-19(2,3)13-6-4-5-11(9-13)16(20)12-7-8-14(17(21)22)15(10-12)18(23)24/h4-10H,1-3H3,(H,21,22)(H,23,24). The van der Waals surface area contributed by atoms with Gasteiger partial charge in [-0.05, 0) is 29.2 Å². The van der Waals surface area contributed by atoms with Crippen LogP contribution < -0.4 is 0 Å². The molecule has 2 rings (SSSR count). The molecule has 2 aromatic carbocycles. The lowest BCUT2D eigenvalue weighted by molar-refractivity contribution is 0.0651. The van der Waals surface area contributed by atoms with Crippen molar-refractivity contribution >= 4 is 17.7 Å². The number of aromatic carboxylic acids is 2. The summed E-state index contributed by atoms with van der Waals surface area (Å²) in [6, 6.07) is 10.7. The molecule has 24 heavy (non-hydrogen) atoms. The molecule has 0 amide bonds. The van der Waals surface area contributed by atoms with Gasteiger partial charge in [0.1, 0.15) is 0 Å². The van der Waals surface area contributed by atoms with Crippen LogP contribution in [0.2, 0.25) is 0 Å². The number of benzene rings is 2. The maximum atomic E-state index is 12.6. The molecule has 5 nitrogen and oxygen atoms in total. The van der Waals surface area contributed by atoms with Gasteiger partial charge in [-0.25, -0.2) is 9.59 Å². The van der Waals surface area contributed by atoms with Gasteiger partial charge in [0, 0.05) is 11.1 Å². The summed E-state index contributed by atoms with van der Waals surface area (Å²) in [5.41, 5.74) is 0.678. The normalized spacial score (nSPS) is 11.1. The zero-order valence-electron chi connectivity index (χ0n) is 13.7. The summed E-state index contributed by atoms with van der Waals surface area (Å²) in [6.07, 6.45) is 0. The lowest BCUT2D eigenvalue weighted by Gasteiger charge is -2.19. The molecule has 0 heterocycles. The third-order valence-corrected chi connectivity index (χ3v) is 3.73. The van der Waals surface area contributed by atoms with Crippen LogP contribution in [0.3, 0.4) is 0 Å². The fourth-order valence-electron chi connectivity index (χ4n) is 2.34. The zero-order chi connectivity index (χ0) is 18.1. The van der Waals surface area contributed by atoms with Gasteiger partial charge in [0.15, 0.2) is 5.78 Å². The van der Waals surface area contributed by atoms with E-state index >= 15 is 0 Å². The highest BCUT2D eigenvalue weighted by molar-refractivity contribution is 6.11. The minimum absolute atomic E-state index is 0.129. The van der Waals surface area contributed by atoms with Crippen LogP contribution in [0.5, 0.6) is 0 Å². The van der Waals surface area contributed by atoms with Gasteiger partial charge in [-0.3, -0.25) is 4.79 Å². The highest BCUT2D eigenvalue weighted by Crippen LogP contribution is 2.24. The van der Waals surface area contributed by atoms with E-state index in [2.05, 4.69) is 0 Å². The zero-order valence-corrected chi connectivity index (χ0v) is 13.7. The summed E-state index contributed by atoms with van der Waals surface area (Å²) in [6.45, 7) is 6.09. The molecule has 2 aromatic rings. The van der Waals surface area contributed by atoms with Crippen LogP contribution in [-0.2, 0) is 5.41 Å². The molecule has 0 aliphatic rings. The topological polar surface area (TPSA) is 91.7 Å². The minimum Gasteiger partial charge on any atom is -0.478 e. The quantitative estimate of drug-likeness (QED) is 0.837. The first kappa shape index (κ1) is 17.4. The SMILES string of the molecule is CC(C)(C)c1cccc(C(=O)c2ccc(C(=O)O)c(C(=O)O)c2)c1. The van der Waals surface area contributed by atoms with E-state index in [1.807, 2.05) is 26.8 Å². The van der Waals surface area contributed by atoms with Crippen LogP contribution in [0.25, 0.3) is 0 Å². The number of carboxylic acids is 2. The Labute approximate surface area is 139 Å². The van der Waals surface area contributed by atoms with Crippen LogP contribution in [0.15, 0.2) is 42.5 Å². The van der Waals surface area contributed by atoms with E-state index in [1.165, 1.54) is 6.07 Å². The average Bonchev–Trinajstić information content (AvgIpc) is 2.52. The highest BCUT2D eigenvalue weighted by Gasteiger charge is 2.20. The van der Waals surface area contributed by atoms with Gasteiger partial charge in [0.2, 0.25) is 0 Å². The molecule has 0 bridgehead atoms. The molecule has 0 unspecified atom stereocenters. The maximum Gasteiger partial charge on any atom is 0.336 e. The van der Waals surface area contributed by atoms with E-state index < -0.39 is 17.5 Å². The molecule has 0 fully saturated rings. The van der Waals surface area contributed by atoms with Gasteiger partial charge in [-0.2, -0.15) is 0 Å². The van der Waals surface area contributed by atoms with Crippen molar-refractivity contribution in [3.05, 3.63) is 70.3 Å². The molecule has 5 heteroatoms. The monoisotopic (exact) mass is 326 g/mol. The van der Waals surface area contributed by atoms with Crippen molar-refractivity contribution in [2.75, 3.05) is 0 Å². The van der Waals surface area contributed by atoms with Gasteiger partial charge >= 0.3 is 11.9 Å². The van der Waals surface area contributed by atoms with Crippen molar-refractivity contribution in [2.24, 2.45) is 0 Å². The summed E-state index contributed by atoms with van der Waals surface area (Å²) >= 11 is 0. The second-order valence-electron chi connectivity index (χ2n) is 6.53. The molecular weight excluding hydrogens is 308 g/mol. The Bertz CT molecular complexity index is 828. The van der Waals surface area contributed by atoms with Crippen molar-refractivity contribution < 1.29 is 24.6 Å². The smallest absolute Gasteiger partial charge is 0.336 e. The molecule has 124 valence electrons. The van der Waals surface area contributed by atoms with Gasteiger partial charge in [-0.15, -0.1) is 0 Å². The van der Waals surface area contributed by atoms with Gasteiger partial charge in [0.25, 0.3) is 0 Å². The third-order valence-electron chi connectivity index (χ3n) is 3.73. The molecule has 0 spiro atoms. The number of carbonyl (C=O) groups is 3. The Morgan fingerprint density at radius 1 is 0.792 bits per heavy atom. The van der Waals surface area contributed by atoms with Crippen LogP contribution in [-0.4, -0.2) is 27.9 Å². The van der Waals surface area contributed by atoms with Crippen molar-refractivity contribution in [1.82, 2.24) is 0 Å². The molecule has 0 aromatic heterocycles. The number of ketones is 1. The molecule has 0 atom stereocenters. The third kappa shape index (κ3) is 3.51. The van der Waals surface area contributed by atoms with E-state index in [1.54, 1.807) is 18.2 Å². The fourth-order valence-corrected chi connectivity index (χ4v) is 2.34. The Morgan fingerprint density at radius 2 is 1.38 bits per heavy atom. The second-order valence-corrected chi connectivity index (χ2v) is 6.53. The maximum absolute atomic E-state index is 12.6. The van der Waals surface area contributed by atoms with Gasteiger partial charge in [-0.1, -0.05) is 45.0 Å². The Balaban J connectivity index is 2.49. The first-order valence-corrected chi connectivity index (χ1v) is 7.37. The van der Waals surface area contributed by atoms with Crippen LogP contribution in [0.1, 0.15) is 63.0 Å². The molecule has 0 radical (unpaired) electrons. The first-order valence-electron chi connectivity index (χ1n) is 7.37. The molecule has 0 saturated heterocycles. The molecule has 0 saturated carbocycles. The second kappa shape index (κ2) is 6.28. The van der Waals surface area contributed by atoms with Gasteiger partial charge in [0.05, 0.1) is 11.1 Å². The van der Waals surface area contributed by atoms with Crippen LogP contribution in [0, 0.1) is 0 Å². The van der Waals surface area contributed by atoms with Crippen LogP contribution in [0.4, 0.5) is 0 Å². The number of carbonyl (C=O) groups excluding carboxylic acids is 1. The van der Waals surface area contributed by atoms with Crippen molar-refractivity contribution in [3.63, 3.8) is 0 Å². The van der Waals surface area contributed by atoms with Crippen molar-refractivity contribution in [1.29, 1.82) is 0 Å². The number of carboxylic acid groups (broad SMARTS) is 2. The van der Waals surface area contributed by atoms with E-state index in [4.69, 9.17) is 10.2 Å². The molecule has 0 aliphatic carbocycles. The fraction of sp³-hybridized carbons (Fsp3) is 0.211. The van der Waals surface area contributed by atoms with E-state index in [0.29, 0.717) is 5.56 Å². The minimum atomic E-state index is -1.38. The summed E-state index contributed by atoms with van der Waals surface area (Å²) < 4.78 is 0. The van der Waals surface area contributed by atoms with E-state index in [9.17, 15) is 14.4 Å². The number of hydrogen-bond donors (Lipinski definition) is 2. The Kier molecular flexibility index (Phi) is 4.55. The van der Waals surface area contributed by atoms with E-state index in [0.717, 1.165) is 17.7 Å². The summed E-state index contributed by atoms with van der Waals surface area (Å²) in [7, 11) is 0. The van der Waals surface area contributed by atoms with Gasteiger partial charge < -0.3 is 10.2 Å². The predicted molar refractivity (Wildman–Crippen MR) is 88.9 cm³/mol. The predicted octanol–water partition coefficient (Wildman–Crippen LogP) is 3.61. The number of hydrogen-bond acceptors (Lipinski definition) is 3. The summed E-state index contributed by atoms with van der Waals surface area (Å²) in [5.74, 6) is -3.08. The average molecular weight is 326 g/mol. The molecular formula is C19H18O5. The first-order chi connectivity index (χ1) is 11.1. The lowest BCUT2D eigenvalue weighted by Crippen LogP contribution is -2.13. The van der Waals surface area contributed by atoms with Crippen molar-refractivity contribution in [2.45, 2.75) is 26.2 Å².